The molecule has 1 heterocycles. The molecule has 0 bridgehead atoms. The van der Waals surface area contributed by atoms with Crippen LogP contribution in [0.25, 0.3) is 22.8 Å². The van der Waals surface area contributed by atoms with Crippen LogP contribution in [0.2, 0.25) is 0 Å². The van der Waals surface area contributed by atoms with Gasteiger partial charge < -0.3 is 4.52 Å². The maximum atomic E-state index is 13.3. The Morgan fingerprint density at radius 3 is 2.36 bits per heavy atom. The number of nitrogens with one attached hydrogen (secondary N) is 1. The van der Waals surface area contributed by atoms with Gasteiger partial charge in [0.2, 0.25) is 15.8 Å². The second-order valence-electron chi connectivity index (χ2n) is 5.13. The Morgan fingerprint density at radius 2 is 1.72 bits per heavy atom. The van der Waals surface area contributed by atoms with Gasteiger partial charge in [0, 0.05) is 16.8 Å². The third-order valence-corrected chi connectivity index (χ3v) is 4.70. The fourth-order valence-corrected chi connectivity index (χ4v) is 2.67. The molecule has 0 saturated carbocycles. The van der Waals surface area contributed by atoms with E-state index >= 15 is 0 Å². The van der Waals surface area contributed by atoms with Gasteiger partial charge in [0.05, 0.1) is 5.75 Å². The van der Waals surface area contributed by atoms with E-state index in [0.717, 1.165) is 12.1 Å². The smallest absolute Gasteiger partial charge is 0.258 e. The molecule has 6 nitrogen and oxygen atoms in total. The van der Waals surface area contributed by atoms with Gasteiger partial charge in [-0.2, -0.15) is 4.98 Å². The zero-order valence-corrected chi connectivity index (χ0v) is 13.8. The molecule has 3 rings (SSSR count). The lowest BCUT2D eigenvalue weighted by Gasteiger charge is -2.05. The molecule has 25 heavy (non-hydrogen) atoms. The summed E-state index contributed by atoms with van der Waals surface area (Å²) in [7, 11) is -3.36. The van der Waals surface area contributed by atoms with Gasteiger partial charge >= 0.3 is 0 Å². The average molecular weight is 365 g/mol. The molecular weight excluding hydrogens is 352 g/mol. The SMILES string of the molecule is CCS(=O)(=O)Nc1ccc(-c2noc(-c3ccc(F)c(F)c3)n2)cc1. The summed E-state index contributed by atoms with van der Waals surface area (Å²) in [4.78, 5) is 4.14. The van der Waals surface area contributed by atoms with E-state index in [4.69, 9.17) is 4.52 Å². The van der Waals surface area contributed by atoms with E-state index in [1.165, 1.54) is 13.0 Å². The Morgan fingerprint density at radius 1 is 1.04 bits per heavy atom. The lowest BCUT2D eigenvalue weighted by molar-refractivity contribution is 0.431. The quantitative estimate of drug-likeness (QED) is 0.749. The molecular formula is C16H13F2N3O3S. The second-order valence-corrected chi connectivity index (χ2v) is 7.15. The summed E-state index contributed by atoms with van der Waals surface area (Å²) in [6.07, 6.45) is 0. The monoisotopic (exact) mass is 365 g/mol. The number of sulfonamides is 1. The first-order chi connectivity index (χ1) is 11.9. The molecule has 3 aromatic rings. The molecule has 2 aromatic carbocycles. The van der Waals surface area contributed by atoms with E-state index in [1.54, 1.807) is 24.3 Å². The highest BCUT2D eigenvalue weighted by Crippen LogP contribution is 2.24. The normalized spacial score (nSPS) is 11.5. The number of benzene rings is 2. The fourth-order valence-electron chi connectivity index (χ4n) is 2.03. The van der Waals surface area contributed by atoms with Crippen molar-refractivity contribution in [3.05, 3.63) is 54.1 Å². The summed E-state index contributed by atoms with van der Waals surface area (Å²) in [5.41, 5.74) is 1.25. The highest BCUT2D eigenvalue weighted by atomic mass is 32.2. The summed E-state index contributed by atoms with van der Waals surface area (Å²) >= 11 is 0. The maximum Gasteiger partial charge on any atom is 0.258 e. The van der Waals surface area contributed by atoms with Gasteiger partial charge in [-0.15, -0.1) is 0 Å². The molecule has 0 fully saturated rings. The van der Waals surface area contributed by atoms with Crippen LogP contribution in [0.1, 0.15) is 6.92 Å². The summed E-state index contributed by atoms with van der Waals surface area (Å²) < 4.78 is 56.8. The summed E-state index contributed by atoms with van der Waals surface area (Å²) in [5, 5.41) is 3.79. The van der Waals surface area contributed by atoms with Crippen LogP contribution in [0, 0.1) is 11.6 Å². The van der Waals surface area contributed by atoms with Crippen LogP contribution >= 0.6 is 0 Å². The number of halogens is 2. The molecule has 0 unspecified atom stereocenters. The summed E-state index contributed by atoms with van der Waals surface area (Å²) in [5.74, 6) is -1.72. The minimum absolute atomic E-state index is 0.0306. The van der Waals surface area contributed by atoms with Gasteiger partial charge in [-0.25, -0.2) is 17.2 Å². The molecule has 9 heteroatoms. The Kier molecular flexibility index (Phi) is 4.49. The Balaban J connectivity index is 1.83. The highest BCUT2D eigenvalue weighted by molar-refractivity contribution is 7.92. The van der Waals surface area contributed by atoms with Crippen LogP contribution in [0.5, 0.6) is 0 Å². The zero-order chi connectivity index (χ0) is 18.0. The number of aromatic nitrogens is 2. The van der Waals surface area contributed by atoms with Crippen LogP contribution < -0.4 is 4.72 Å². The number of anilines is 1. The van der Waals surface area contributed by atoms with Crippen molar-refractivity contribution < 1.29 is 21.7 Å². The van der Waals surface area contributed by atoms with Crippen LogP contribution in [0.15, 0.2) is 47.0 Å². The molecule has 130 valence electrons. The lowest BCUT2D eigenvalue weighted by atomic mass is 10.2. The minimum Gasteiger partial charge on any atom is -0.334 e. The van der Waals surface area contributed by atoms with Crippen molar-refractivity contribution in [3.63, 3.8) is 0 Å². The van der Waals surface area contributed by atoms with Gasteiger partial charge in [-0.05, 0) is 49.4 Å². The van der Waals surface area contributed by atoms with Crippen molar-refractivity contribution in [1.29, 1.82) is 0 Å². The van der Waals surface area contributed by atoms with Gasteiger partial charge in [-0.3, -0.25) is 4.72 Å². The minimum atomic E-state index is -3.36. The first kappa shape index (κ1) is 17.0. The Labute approximate surface area is 142 Å². The molecule has 0 aliphatic rings. The molecule has 0 saturated heterocycles. The first-order valence-electron chi connectivity index (χ1n) is 7.28. The molecule has 1 aromatic heterocycles. The van der Waals surface area contributed by atoms with Gasteiger partial charge in [0.25, 0.3) is 5.89 Å². The van der Waals surface area contributed by atoms with Gasteiger partial charge in [0.1, 0.15) is 0 Å². The number of rotatable bonds is 5. The van der Waals surface area contributed by atoms with Gasteiger partial charge in [0.15, 0.2) is 11.6 Å². The zero-order valence-electron chi connectivity index (χ0n) is 13.0. The van der Waals surface area contributed by atoms with Gasteiger partial charge in [-0.1, -0.05) is 5.16 Å². The molecule has 0 radical (unpaired) electrons. The summed E-state index contributed by atoms with van der Waals surface area (Å²) in [6.45, 7) is 1.54. The van der Waals surface area contributed by atoms with Crippen molar-refractivity contribution in [2.45, 2.75) is 6.92 Å². The summed E-state index contributed by atoms with van der Waals surface area (Å²) in [6, 6.07) is 9.64. The van der Waals surface area contributed by atoms with E-state index in [9.17, 15) is 17.2 Å². The predicted molar refractivity (Wildman–Crippen MR) is 88.2 cm³/mol. The van der Waals surface area contributed by atoms with E-state index in [1.807, 2.05) is 0 Å². The standard InChI is InChI=1S/C16H13F2N3O3S/c1-2-25(22,23)21-12-6-3-10(4-7-12)15-19-16(24-20-15)11-5-8-13(17)14(18)9-11/h3-9,21H,2H2,1H3. The highest BCUT2D eigenvalue weighted by Gasteiger charge is 2.13. The molecule has 0 spiro atoms. The number of nitrogens with zero attached hydrogens (tertiary/aromatic N) is 2. The van der Waals surface area contributed by atoms with Crippen LogP contribution in [0.4, 0.5) is 14.5 Å². The molecule has 0 amide bonds. The number of hydrogen-bond donors (Lipinski definition) is 1. The third-order valence-electron chi connectivity index (χ3n) is 3.39. The molecule has 1 N–H and O–H groups in total. The largest absolute Gasteiger partial charge is 0.334 e. The third kappa shape index (κ3) is 3.82. The average Bonchev–Trinajstić information content (AvgIpc) is 3.08. The van der Waals surface area contributed by atoms with Crippen molar-refractivity contribution in [2.75, 3.05) is 10.5 Å². The predicted octanol–water partition coefficient (Wildman–Crippen LogP) is 3.44. The van der Waals surface area contributed by atoms with Crippen molar-refractivity contribution >= 4 is 15.7 Å². The van der Waals surface area contributed by atoms with E-state index in [-0.39, 0.29) is 23.0 Å². The fraction of sp³-hybridized carbons (Fsp3) is 0.125. The molecule has 0 aliphatic heterocycles. The van der Waals surface area contributed by atoms with Crippen LogP contribution in [-0.2, 0) is 10.0 Å². The lowest BCUT2D eigenvalue weighted by Crippen LogP contribution is -2.14. The molecule has 0 aliphatic carbocycles. The Bertz CT molecular complexity index is 1000. The van der Waals surface area contributed by atoms with Crippen molar-refractivity contribution in [1.82, 2.24) is 10.1 Å². The van der Waals surface area contributed by atoms with E-state index < -0.39 is 21.7 Å². The van der Waals surface area contributed by atoms with Crippen LogP contribution in [0.3, 0.4) is 0 Å². The van der Waals surface area contributed by atoms with Crippen molar-refractivity contribution in [3.8, 4) is 22.8 Å². The topological polar surface area (TPSA) is 85.1 Å². The van der Waals surface area contributed by atoms with Crippen LogP contribution in [-0.4, -0.2) is 24.3 Å². The first-order valence-corrected chi connectivity index (χ1v) is 8.93. The van der Waals surface area contributed by atoms with E-state index in [0.29, 0.717) is 11.3 Å². The second kappa shape index (κ2) is 6.60. The maximum absolute atomic E-state index is 13.3. The van der Waals surface area contributed by atoms with E-state index in [2.05, 4.69) is 14.9 Å². The Hall–Kier alpha value is -2.81. The van der Waals surface area contributed by atoms with Crippen molar-refractivity contribution in [2.24, 2.45) is 0 Å². The number of hydrogen-bond acceptors (Lipinski definition) is 5. The molecule has 0 atom stereocenters.